The Morgan fingerprint density at radius 2 is 1.89 bits per heavy atom. The molecule has 0 radical (unpaired) electrons. The maximum atomic E-state index is 13.3. The van der Waals surface area contributed by atoms with Gasteiger partial charge in [-0.1, -0.05) is 43.3 Å². The topological polar surface area (TPSA) is 66.5 Å². The number of nitrogens with one attached hydrogen (secondary N) is 1. The first-order chi connectivity index (χ1) is 12.4. The van der Waals surface area contributed by atoms with Gasteiger partial charge in [0.25, 0.3) is 0 Å². The SMILES string of the molecule is CCc1ccc(C2CNCCN2S(=O)(=O)c2cccc(C(C)=O)c2)cc1.Cl. The highest BCUT2D eigenvalue weighted by Crippen LogP contribution is 2.29. The number of aryl methyl sites for hydroxylation is 1. The second kappa shape index (κ2) is 8.97. The predicted octanol–water partition coefficient (Wildman–Crippen LogP) is 3.21. The van der Waals surface area contributed by atoms with Crippen LogP contribution >= 0.6 is 12.4 Å². The van der Waals surface area contributed by atoms with Crippen molar-refractivity contribution in [2.75, 3.05) is 19.6 Å². The van der Waals surface area contributed by atoms with E-state index in [1.54, 1.807) is 22.5 Å². The minimum atomic E-state index is -3.69. The number of hydrogen-bond donors (Lipinski definition) is 1. The molecule has 7 heteroatoms. The lowest BCUT2D eigenvalue weighted by atomic mass is 10.0. The fourth-order valence-corrected chi connectivity index (χ4v) is 4.90. The van der Waals surface area contributed by atoms with Gasteiger partial charge in [0.1, 0.15) is 0 Å². The largest absolute Gasteiger partial charge is 0.313 e. The minimum Gasteiger partial charge on any atom is -0.313 e. The van der Waals surface area contributed by atoms with E-state index in [1.165, 1.54) is 18.6 Å². The average Bonchev–Trinajstić information content (AvgIpc) is 2.68. The molecule has 1 unspecified atom stereocenters. The van der Waals surface area contributed by atoms with Crippen molar-refractivity contribution in [1.29, 1.82) is 0 Å². The van der Waals surface area contributed by atoms with Gasteiger partial charge >= 0.3 is 0 Å². The van der Waals surface area contributed by atoms with Crippen LogP contribution in [0.1, 0.15) is 41.4 Å². The summed E-state index contributed by atoms with van der Waals surface area (Å²) in [5.74, 6) is -0.144. The van der Waals surface area contributed by atoms with E-state index >= 15 is 0 Å². The number of Topliss-reactive ketones (excluding diaryl/α,β-unsaturated/α-hetero) is 1. The normalized spacial score (nSPS) is 17.9. The van der Waals surface area contributed by atoms with Gasteiger partial charge in [-0.2, -0.15) is 4.31 Å². The Morgan fingerprint density at radius 3 is 2.52 bits per heavy atom. The van der Waals surface area contributed by atoms with E-state index < -0.39 is 10.0 Å². The lowest BCUT2D eigenvalue weighted by Crippen LogP contribution is -2.48. The number of sulfonamides is 1. The predicted molar refractivity (Wildman–Crippen MR) is 109 cm³/mol. The van der Waals surface area contributed by atoms with Gasteiger partial charge in [-0.15, -0.1) is 12.4 Å². The molecular weight excluding hydrogens is 384 g/mol. The number of piperazine rings is 1. The average molecular weight is 409 g/mol. The fraction of sp³-hybridized carbons (Fsp3) is 0.350. The summed E-state index contributed by atoms with van der Waals surface area (Å²) in [5, 5.41) is 3.28. The number of carbonyl (C=O) groups excluding carboxylic acids is 1. The number of benzene rings is 2. The molecule has 2 aromatic rings. The van der Waals surface area contributed by atoms with E-state index in [4.69, 9.17) is 0 Å². The van der Waals surface area contributed by atoms with Gasteiger partial charge in [0, 0.05) is 25.2 Å². The molecule has 0 aliphatic carbocycles. The summed E-state index contributed by atoms with van der Waals surface area (Å²) in [4.78, 5) is 11.8. The summed E-state index contributed by atoms with van der Waals surface area (Å²) in [7, 11) is -3.69. The van der Waals surface area contributed by atoms with Crippen LogP contribution in [0.25, 0.3) is 0 Å². The van der Waals surface area contributed by atoms with Crippen LogP contribution in [0.15, 0.2) is 53.4 Å². The smallest absolute Gasteiger partial charge is 0.243 e. The molecule has 3 rings (SSSR count). The zero-order valence-corrected chi connectivity index (χ0v) is 17.1. The van der Waals surface area contributed by atoms with Crippen LogP contribution in [0.5, 0.6) is 0 Å². The molecule has 2 aromatic carbocycles. The van der Waals surface area contributed by atoms with E-state index in [1.807, 2.05) is 24.3 Å². The van der Waals surface area contributed by atoms with Crippen LogP contribution in [0, 0.1) is 0 Å². The Morgan fingerprint density at radius 1 is 1.19 bits per heavy atom. The highest BCUT2D eigenvalue weighted by Gasteiger charge is 2.34. The number of ketones is 1. The number of halogens is 1. The maximum absolute atomic E-state index is 13.3. The van der Waals surface area contributed by atoms with Crippen molar-refractivity contribution in [3.63, 3.8) is 0 Å². The number of carbonyl (C=O) groups is 1. The molecule has 27 heavy (non-hydrogen) atoms. The molecule has 1 aliphatic rings. The van der Waals surface area contributed by atoms with Gasteiger partial charge in [-0.05, 0) is 36.6 Å². The Kier molecular flexibility index (Phi) is 7.17. The van der Waals surface area contributed by atoms with E-state index in [9.17, 15) is 13.2 Å². The van der Waals surface area contributed by atoms with Gasteiger partial charge in [-0.25, -0.2) is 8.42 Å². The second-order valence-corrected chi connectivity index (χ2v) is 8.41. The Hall–Kier alpha value is -1.73. The minimum absolute atomic E-state index is 0. The third-order valence-electron chi connectivity index (χ3n) is 4.81. The highest BCUT2D eigenvalue weighted by molar-refractivity contribution is 7.89. The van der Waals surface area contributed by atoms with Crippen molar-refractivity contribution in [3.8, 4) is 0 Å². The molecule has 0 aromatic heterocycles. The molecular formula is C20H25ClN2O3S. The zero-order valence-electron chi connectivity index (χ0n) is 15.5. The van der Waals surface area contributed by atoms with Crippen LogP contribution in [-0.4, -0.2) is 38.1 Å². The van der Waals surface area contributed by atoms with Crippen molar-refractivity contribution in [2.24, 2.45) is 0 Å². The molecule has 0 amide bonds. The number of hydrogen-bond acceptors (Lipinski definition) is 4. The van der Waals surface area contributed by atoms with Gasteiger partial charge < -0.3 is 5.32 Å². The van der Waals surface area contributed by atoms with Crippen molar-refractivity contribution in [3.05, 3.63) is 65.2 Å². The molecule has 1 saturated heterocycles. The Bertz CT molecular complexity index is 898. The van der Waals surface area contributed by atoms with E-state index in [2.05, 4.69) is 12.2 Å². The third-order valence-corrected chi connectivity index (χ3v) is 6.72. The van der Waals surface area contributed by atoms with Crippen LogP contribution < -0.4 is 5.32 Å². The molecule has 1 aliphatic heterocycles. The van der Waals surface area contributed by atoms with E-state index in [-0.39, 0.29) is 29.1 Å². The van der Waals surface area contributed by atoms with E-state index in [0.717, 1.165) is 12.0 Å². The summed E-state index contributed by atoms with van der Waals surface area (Å²) in [6.45, 7) is 5.10. The first-order valence-electron chi connectivity index (χ1n) is 8.86. The monoisotopic (exact) mass is 408 g/mol. The van der Waals surface area contributed by atoms with Crippen LogP contribution in [-0.2, 0) is 16.4 Å². The first-order valence-corrected chi connectivity index (χ1v) is 10.3. The molecule has 0 bridgehead atoms. The summed E-state index contributed by atoms with van der Waals surface area (Å²) < 4.78 is 28.1. The summed E-state index contributed by atoms with van der Waals surface area (Å²) in [5.41, 5.74) is 2.60. The van der Waals surface area contributed by atoms with Gasteiger partial charge in [0.2, 0.25) is 10.0 Å². The summed E-state index contributed by atoms with van der Waals surface area (Å²) >= 11 is 0. The van der Waals surface area contributed by atoms with Crippen molar-refractivity contribution in [1.82, 2.24) is 9.62 Å². The molecule has 146 valence electrons. The van der Waals surface area contributed by atoms with Crippen molar-refractivity contribution >= 4 is 28.2 Å². The Balaban J connectivity index is 0.00000261. The quantitative estimate of drug-likeness (QED) is 0.771. The van der Waals surface area contributed by atoms with E-state index in [0.29, 0.717) is 25.2 Å². The lowest BCUT2D eigenvalue weighted by molar-refractivity contribution is 0.101. The zero-order chi connectivity index (χ0) is 18.7. The summed E-state index contributed by atoms with van der Waals surface area (Å²) in [6.07, 6.45) is 0.947. The molecule has 0 spiro atoms. The van der Waals surface area contributed by atoms with Gasteiger partial charge in [-0.3, -0.25) is 4.79 Å². The standard InChI is InChI=1S/C20H24N2O3S.ClH/c1-3-16-7-9-17(10-8-16)20-14-21-11-12-22(20)26(24,25)19-6-4-5-18(13-19)15(2)23;/h4-10,13,20-21H,3,11-12,14H2,1-2H3;1H. The van der Waals surface area contributed by atoms with Crippen LogP contribution in [0.4, 0.5) is 0 Å². The molecule has 5 nitrogen and oxygen atoms in total. The lowest BCUT2D eigenvalue weighted by Gasteiger charge is -2.35. The van der Waals surface area contributed by atoms with Crippen molar-refractivity contribution < 1.29 is 13.2 Å². The molecule has 1 fully saturated rings. The van der Waals surface area contributed by atoms with Crippen molar-refractivity contribution in [2.45, 2.75) is 31.2 Å². The molecule has 1 atom stereocenters. The highest BCUT2D eigenvalue weighted by atomic mass is 35.5. The maximum Gasteiger partial charge on any atom is 0.243 e. The second-order valence-electron chi connectivity index (χ2n) is 6.51. The molecule has 0 saturated carbocycles. The van der Waals surface area contributed by atoms with Gasteiger partial charge in [0.15, 0.2) is 5.78 Å². The fourth-order valence-electron chi connectivity index (χ4n) is 3.24. The van der Waals surface area contributed by atoms with Crippen LogP contribution in [0.3, 0.4) is 0 Å². The first kappa shape index (κ1) is 21.6. The van der Waals surface area contributed by atoms with Crippen LogP contribution in [0.2, 0.25) is 0 Å². The Labute approximate surface area is 167 Å². The third kappa shape index (κ3) is 4.58. The number of nitrogens with zero attached hydrogens (tertiary/aromatic N) is 1. The molecule has 1 heterocycles. The van der Waals surface area contributed by atoms with Gasteiger partial charge in [0.05, 0.1) is 10.9 Å². The summed E-state index contributed by atoms with van der Waals surface area (Å²) in [6, 6.07) is 14.1. The molecule has 1 N–H and O–H groups in total. The number of rotatable bonds is 5.